The van der Waals surface area contributed by atoms with E-state index in [1.54, 1.807) is 6.07 Å². The van der Waals surface area contributed by atoms with Crippen LogP contribution in [0, 0.1) is 0 Å². The Morgan fingerprint density at radius 1 is 1.35 bits per heavy atom. The molecule has 2 heterocycles. The lowest BCUT2D eigenvalue weighted by atomic mass is 9.91. The van der Waals surface area contributed by atoms with Gasteiger partial charge in [0.15, 0.2) is 0 Å². The quantitative estimate of drug-likeness (QED) is 0.934. The molecule has 1 aliphatic rings. The van der Waals surface area contributed by atoms with Gasteiger partial charge in [-0.25, -0.2) is 0 Å². The monoisotopic (exact) mass is 327 g/mol. The van der Waals surface area contributed by atoms with Crippen molar-refractivity contribution >= 4 is 5.91 Å². The Morgan fingerprint density at radius 2 is 2.13 bits per heavy atom. The van der Waals surface area contributed by atoms with Gasteiger partial charge in [-0.15, -0.1) is 0 Å². The number of benzene rings is 1. The van der Waals surface area contributed by atoms with Crippen LogP contribution in [0.25, 0.3) is 11.4 Å². The van der Waals surface area contributed by atoms with E-state index in [1.807, 2.05) is 0 Å². The smallest absolute Gasteiger partial charge is 0.381 e. The first-order valence-electron chi connectivity index (χ1n) is 6.79. The SMILES string of the molecule is NC(=O)c1ccc(-c2noc(C(F)(F)F)n2)cc1C1CCOC1. The summed E-state index contributed by atoms with van der Waals surface area (Å²) in [7, 11) is 0. The number of hydrogen-bond acceptors (Lipinski definition) is 5. The van der Waals surface area contributed by atoms with Gasteiger partial charge in [0.25, 0.3) is 0 Å². The van der Waals surface area contributed by atoms with Gasteiger partial charge >= 0.3 is 12.1 Å². The fraction of sp³-hybridized carbons (Fsp3) is 0.357. The number of carbonyl (C=O) groups is 1. The molecule has 0 aliphatic carbocycles. The number of nitrogens with two attached hydrogens (primary N) is 1. The van der Waals surface area contributed by atoms with Crippen molar-refractivity contribution in [2.75, 3.05) is 13.2 Å². The number of primary amides is 1. The average molecular weight is 327 g/mol. The Hall–Kier alpha value is -2.42. The molecule has 1 amide bonds. The standard InChI is InChI=1S/C14H12F3N3O3/c15-14(16,17)13-19-12(20-23-13)7-1-2-9(11(18)21)10(5-7)8-3-4-22-6-8/h1-2,5,8H,3-4,6H2,(H2,18,21). The molecule has 2 aromatic rings. The predicted molar refractivity (Wildman–Crippen MR) is 71.4 cm³/mol. The van der Waals surface area contributed by atoms with E-state index in [2.05, 4.69) is 14.7 Å². The van der Waals surface area contributed by atoms with Crippen molar-refractivity contribution in [3.63, 3.8) is 0 Å². The van der Waals surface area contributed by atoms with Crippen LogP contribution >= 0.6 is 0 Å². The van der Waals surface area contributed by atoms with Gasteiger partial charge in [-0.1, -0.05) is 11.2 Å². The molecule has 1 atom stereocenters. The molecular weight excluding hydrogens is 315 g/mol. The first kappa shape index (κ1) is 15.5. The molecule has 1 fully saturated rings. The molecule has 0 spiro atoms. The normalized spacial score (nSPS) is 18.3. The van der Waals surface area contributed by atoms with Crippen molar-refractivity contribution in [1.29, 1.82) is 0 Å². The van der Waals surface area contributed by atoms with Gasteiger partial charge in [0.2, 0.25) is 11.7 Å². The molecule has 1 aliphatic heterocycles. The second-order valence-corrected chi connectivity index (χ2v) is 5.15. The Morgan fingerprint density at radius 3 is 2.70 bits per heavy atom. The molecule has 23 heavy (non-hydrogen) atoms. The van der Waals surface area contributed by atoms with Crippen LogP contribution in [0.4, 0.5) is 13.2 Å². The van der Waals surface area contributed by atoms with Crippen LogP contribution in [0.3, 0.4) is 0 Å². The lowest BCUT2D eigenvalue weighted by molar-refractivity contribution is -0.159. The number of amides is 1. The summed E-state index contributed by atoms with van der Waals surface area (Å²) in [6.07, 6.45) is -4.01. The second kappa shape index (κ2) is 5.65. The summed E-state index contributed by atoms with van der Waals surface area (Å²) < 4.78 is 47.1. The van der Waals surface area contributed by atoms with Crippen molar-refractivity contribution in [1.82, 2.24) is 10.1 Å². The zero-order valence-electron chi connectivity index (χ0n) is 11.8. The number of hydrogen-bond donors (Lipinski definition) is 1. The summed E-state index contributed by atoms with van der Waals surface area (Å²) in [5.74, 6) is -2.28. The fourth-order valence-electron chi connectivity index (χ4n) is 2.50. The minimum Gasteiger partial charge on any atom is -0.381 e. The number of carbonyl (C=O) groups excluding carboxylic acids is 1. The van der Waals surface area contributed by atoms with Crippen LogP contribution in [0.1, 0.15) is 34.2 Å². The van der Waals surface area contributed by atoms with Gasteiger partial charge in [0.05, 0.1) is 6.61 Å². The van der Waals surface area contributed by atoms with Crippen molar-refractivity contribution in [3.05, 3.63) is 35.2 Å². The van der Waals surface area contributed by atoms with E-state index >= 15 is 0 Å². The molecule has 2 N–H and O–H groups in total. The maximum Gasteiger partial charge on any atom is 0.471 e. The number of alkyl halides is 3. The zero-order valence-corrected chi connectivity index (χ0v) is 11.8. The first-order chi connectivity index (χ1) is 10.9. The van der Waals surface area contributed by atoms with Crippen molar-refractivity contribution in [2.24, 2.45) is 5.73 Å². The number of halogens is 3. The highest BCUT2D eigenvalue weighted by Crippen LogP contribution is 2.33. The van der Waals surface area contributed by atoms with Crippen LogP contribution in [0.5, 0.6) is 0 Å². The predicted octanol–water partition coefficient (Wildman–Crippen LogP) is 2.36. The third-order valence-electron chi connectivity index (χ3n) is 3.61. The minimum atomic E-state index is -4.71. The molecule has 0 saturated carbocycles. The van der Waals surface area contributed by atoms with Gasteiger partial charge in [-0.3, -0.25) is 4.79 Å². The van der Waals surface area contributed by atoms with Gasteiger partial charge < -0.3 is 15.0 Å². The summed E-state index contributed by atoms with van der Waals surface area (Å²) in [6, 6.07) is 4.45. The number of aromatic nitrogens is 2. The number of rotatable bonds is 3. The fourth-order valence-corrected chi connectivity index (χ4v) is 2.50. The highest BCUT2D eigenvalue weighted by atomic mass is 19.4. The van der Waals surface area contributed by atoms with Gasteiger partial charge in [-0.05, 0) is 24.1 Å². The maximum absolute atomic E-state index is 12.5. The lowest BCUT2D eigenvalue weighted by Gasteiger charge is -2.13. The Bertz CT molecular complexity index is 736. The van der Waals surface area contributed by atoms with Crippen LogP contribution in [0.2, 0.25) is 0 Å². The number of nitrogens with zero attached hydrogens (tertiary/aromatic N) is 2. The third kappa shape index (κ3) is 3.04. The van der Waals surface area contributed by atoms with Gasteiger partial charge in [0.1, 0.15) is 0 Å². The molecule has 0 bridgehead atoms. The van der Waals surface area contributed by atoms with Crippen LogP contribution in [0.15, 0.2) is 22.7 Å². The van der Waals surface area contributed by atoms with E-state index in [4.69, 9.17) is 10.5 Å². The molecule has 1 unspecified atom stereocenters. The molecule has 9 heteroatoms. The molecule has 1 aromatic carbocycles. The summed E-state index contributed by atoms with van der Waals surface area (Å²) in [5, 5.41) is 3.34. The molecule has 122 valence electrons. The topological polar surface area (TPSA) is 91.2 Å². The Labute approximate surface area is 128 Å². The van der Waals surface area contributed by atoms with E-state index < -0.39 is 18.0 Å². The highest BCUT2D eigenvalue weighted by Gasteiger charge is 2.38. The molecule has 3 rings (SSSR count). The highest BCUT2D eigenvalue weighted by molar-refractivity contribution is 5.95. The molecular formula is C14H12F3N3O3. The molecule has 1 aromatic heterocycles. The van der Waals surface area contributed by atoms with Gasteiger partial charge in [0, 0.05) is 23.7 Å². The molecule has 1 saturated heterocycles. The minimum absolute atomic E-state index is 0.0496. The van der Waals surface area contributed by atoms with E-state index in [-0.39, 0.29) is 11.7 Å². The number of ether oxygens (including phenoxy) is 1. The second-order valence-electron chi connectivity index (χ2n) is 5.15. The largest absolute Gasteiger partial charge is 0.471 e. The Balaban J connectivity index is 2.02. The van der Waals surface area contributed by atoms with Gasteiger partial charge in [-0.2, -0.15) is 18.2 Å². The van der Waals surface area contributed by atoms with Crippen LogP contribution in [-0.4, -0.2) is 29.3 Å². The first-order valence-corrected chi connectivity index (χ1v) is 6.79. The molecule has 0 radical (unpaired) electrons. The zero-order chi connectivity index (χ0) is 16.6. The maximum atomic E-state index is 12.5. The Kier molecular flexibility index (Phi) is 3.80. The van der Waals surface area contributed by atoms with E-state index in [0.717, 1.165) is 0 Å². The summed E-state index contributed by atoms with van der Waals surface area (Å²) in [5.41, 5.74) is 6.60. The van der Waals surface area contributed by atoms with Crippen molar-refractivity contribution in [2.45, 2.75) is 18.5 Å². The summed E-state index contributed by atoms with van der Waals surface area (Å²) in [6.45, 7) is 0.970. The third-order valence-corrected chi connectivity index (χ3v) is 3.61. The van der Waals surface area contributed by atoms with E-state index in [0.29, 0.717) is 36.3 Å². The van der Waals surface area contributed by atoms with E-state index in [1.165, 1.54) is 12.1 Å². The summed E-state index contributed by atoms with van der Waals surface area (Å²) >= 11 is 0. The lowest BCUT2D eigenvalue weighted by Crippen LogP contribution is -2.16. The van der Waals surface area contributed by atoms with Crippen molar-refractivity contribution < 1.29 is 27.2 Å². The summed E-state index contributed by atoms with van der Waals surface area (Å²) in [4.78, 5) is 14.9. The van der Waals surface area contributed by atoms with Crippen molar-refractivity contribution in [3.8, 4) is 11.4 Å². The average Bonchev–Trinajstić information content (AvgIpc) is 3.17. The van der Waals surface area contributed by atoms with Crippen LogP contribution < -0.4 is 5.73 Å². The molecule has 6 nitrogen and oxygen atoms in total. The van der Waals surface area contributed by atoms with Crippen LogP contribution in [-0.2, 0) is 10.9 Å². The van der Waals surface area contributed by atoms with E-state index in [9.17, 15) is 18.0 Å².